The van der Waals surface area contributed by atoms with E-state index in [1.54, 1.807) is 12.1 Å². The standard InChI is InChI=1S/C23H28B4FN5O3/c1-21(2)11-14(9-15-5-4-8-33(15)21)30-19-16(28)12-29-20(32-19)31-13-6-7-17(18(10-13)35-3)36-23(26,27)22(24,25)34/h6-7,10,12,14-15,34H,4-5,8-9,11H2,1-3H3,(H2,29,30,31,32)/t14-,15+/m1/s1. The summed E-state index contributed by atoms with van der Waals surface area (Å²) in [7, 11) is 23.5. The zero-order chi connectivity index (χ0) is 26.3. The van der Waals surface area contributed by atoms with E-state index in [9.17, 15) is 9.50 Å². The van der Waals surface area contributed by atoms with Crippen LogP contribution in [0, 0.1) is 5.82 Å². The number of hydrogen-bond acceptors (Lipinski definition) is 8. The second-order valence-electron chi connectivity index (χ2n) is 10.2. The molecule has 8 radical (unpaired) electrons. The van der Waals surface area contributed by atoms with E-state index in [4.69, 9.17) is 40.9 Å². The number of ether oxygens (including phenoxy) is 2. The van der Waals surface area contributed by atoms with Gasteiger partial charge in [0, 0.05) is 40.2 Å². The van der Waals surface area contributed by atoms with Crippen LogP contribution in [-0.4, -0.2) is 93.4 Å². The van der Waals surface area contributed by atoms with Crippen molar-refractivity contribution in [2.24, 2.45) is 0 Å². The van der Waals surface area contributed by atoms with Gasteiger partial charge in [0.25, 0.3) is 0 Å². The van der Waals surface area contributed by atoms with E-state index >= 15 is 0 Å². The maximum Gasteiger partial charge on any atom is 0.229 e. The third-order valence-electron chi connectivity index (χ3n) is 6.87. The molecule has 2 atom stereocenters. The molecule has 0 spiro atoms. The molecule has 0 unspecified atom stereocenters. The SMILES string of the molecule is [B]C([B])(O)C([B])([B])Oc1ccc(Nc2ncc(F)c(N[C@@H]3C[C@@H]4CCCN4C(C)(C)C3)n2)cc1OC. The number of fused-ring (bicyclic) bond motifs is 1. The summed E-state index contributed by atoms with van der Waals surface area (Å²) in [5.41, 5.74) is 0.559. The van der Waals surface area contributed by atoms with Crippen LogP contribution in [-0.2, 0) is 0 Å². The van der Waals surface area contributed by atoms with Gasteiger partial charge < -0.3 is 25.2 Å². The van der Waals surface area contributed by atoms with E-state index in [0.29, 0.717) is 11.7 Å². The highest BCUT2D eigenvalue weighted by molar-refractivity contribution is 6.53. The molecule has 2 aliphatic rings. The molecule has 0 amide bonds. The van der Waals surface area contributed by atoms with Crippen LogP contribution in [0.5, 0.6) is 11.5 Å². The zero-order valence-corrected chi connectivity index (χ0v) is 20.8. The summed E-state index contributed by atoms with van der Waals surface area (Å²) in [6.07, 6.45) is 5.31. The predicted octanol–water partition coefficient (Wildman–Crippen LogP) is 1.54. The van der Waals surface area contributed by atoms with E-state index in [-0.39, 0.29) is 34.8 Å². The highest BCUT2D eigenvalue weighted by atomic mass is 19.1. The number of benzene rings is 1. The maximum absolute atomic E-state index is 14.6. The Morgan fingerprint density at radius 1 is 1.22 bits per heavy atom. The van der Waals surface area contributed by atoms with Crippen LogP contribution in [0.2, 0.25) is 0 Å². The molecule has 182 valence electrons. The number of anilines is 3. The Hall–Kier alpha value is -2.39. The number of nitrogens with zero attached hydrogens (tertiary/aromatic N) is 3. The number of rotatable bonds is 8. The lowest BCUT2D eigenvalue weighted by Crippen LogP contribution is -2.60. The van der Waals surface area contributed by atoms with Crippen LogP contribution in [0.1, 0.15) is 39.5 Å². The van der Waals surface area contributed by atoms with Crippen molar-refractivity contribution in [3.8, 4) is 11.5 Å². The largest absolute Gasteiger partial charge is 0.502 e. The van der Waals surface area contributed by atoms with Crippen molar-refractivity contribution >= 4 is 48.8 Å². The fraction of sp³-hybridized carbons (Fsp3) is 0.565. The first kappa shape index (κ1) is 26.7. The van der Waals surface area contributed by atoms with Gasteiger partial charge in [-0.2, -0.15) is 4.98 Å². The van der Waals surface area contributed by atoms with Gasteiger partial charge in [0.05, 0.1) is 13.3 Å². The van der Waals surface area contributed by atoms with E-state index in [1.165, 1.54) is 19.6 Å². The minimum absolute atomic E-state index is 0.0379. The van der Waals surface area contributed by atoms with Crippen molar-refractivity contribution in [1.82, 2.24) is 14.9 Å². The lowest BCUT2D eigenvalue weighted by Gasteiger charge is -2.47. The van der Waals surface area contributed by atoms with E-state index in [2.05, 4.69) is 39.3 Å². The minimum atomic E-state index is -2.51. The molecule has 2 saturated heterocycles. The van der Waals surface area contributed by atoms with Gasteiger partial charge in [-0.05, 0) is 58.2 Å². The monoisotopic (exact) mass is 485 g/mol. The average Bonchev–Trinajstić information content (AvgIpc) is 3.25. The second kappa shape index (κ2) is 9.82. The van der Waals surface area contributed by atoms with Gasteiger partial charge in [-0.25, -0.2) is 9.37 Å². The third kappa shape index (κ3) is 5.62. The van der Waals surface area contributed by atoms with Gasteiger partial charge in [0.15, 0.2) is 23.1 Å². The molecule has 1 aromatic heterocycles. The molecule has 3 N–H and O–H groups in total. The van der Waals surface area contributed by atoms with Gasteiger partial charge in [-0.1, -0.05) is 0 Å². The number of halogens is 1. The number of methoxy groups -OCH3 is 1. The average molecular weight is 485 g/mol. The molecule has 0 bridgehead atoms. The smallest absolute Gasteiger partial charge is 0.229 e. The van der Waals surface area contributed by atoms with Gasteiger partial charge in [-0.3, -0.25) is 4.90 Å². The van der Waals surface area contributed by atoms with Gasteiger partial charge in [0.1, 0.15) is 31.4 Å². The van der Waals surface area contributed by atoms with Crippen LogP contribution in [0.3, 0.4) is 0 Å². The van der Waals surface area contributed by atoms with Crippen LogP contribution in [0.4, 0.5) is 21.8 Å². The normalized spacial score (nSPS) is 22.0. The first-order valence-electron chi connectivity index (χ1n) is 11.9. The maximum atomic E-state index is 14.6. The molecule has 1 aromatic carbocycles. The van der Waals surface area contributed by atoms with E-state index in [1.807, 2.05) is 0 Å². The van der Waals surface area contributed by atoms with Crippen molar-refractivity contribution in [3.05, 3.63) is 30.2 Å². The second-order valence-corrected chi connectivity index (χ2v) is 10.2. The summed E-state index contributed by atoms with van der Waals surface area (Å²) in [4.78, 5) is 11.0. The summed E-state index contributed by atoms with van der Waals surface area (Å²) in [5, 5.41) is 11.3. The lowest BCUT2D eigenvalue weighted by atomic mass is 9.42. The minimum Gasteiger partial charge on any atom is -0.502 e. The molecule has 8 nitrogen and oxygen atoms in total. The van der Waals surface area contributed by atoms with Crippen LogP contribution >= 0.6 is 0 Å². The first-order valence-corrected chi connectivity index (χ1v) is 11.9. The molecule has 2 aromatic rings. The summed E-state index contributed by atoms with van der Waals surface area (Å²) >= 11 is 0. The zero-order valence-electron chi connectivity index (χ0n) is 20.8. The Morgan fingerprint density at radius 3 is 2.67 bits per heavy atom. The fourth-order valence-electron chi connectivity index (χ4n) is 5.06. The van der Waals surface area contributed by atoms with Gasteiger partial charge in [0.2, 0.25) is 5.95 Å². The number of nitrogens with one attached hydrogen (secondary N) is 2. The molecule has 0 aliphatic carbocycles. The van der Waals surface area contributed by atoms with Gasteiger partial charge >= 0.3 is 0 Å². The molecule has 3 heterocycles. The third-order valence-corrected chi connectivity index (χ3v) is 6.87. The van der Waals surface area contributed by atoms with Crippen molar-refractivity contribution in [2.75, 3.05) is 24.3 Å². The summed E-state index contributed by atoms with van der Waals surface area (Å²) in [5.74, 6) is 0.123. The molecule has 0 saturated carbocycles. The summed E-state index contributed by atoms with van der Waals surface area (Å²) in [6.45, 7) is 5.60. The Morgan fingerprint density at radius 2 is 1.97 bits per heavy atom. The van der Waals surface area contributed by atoms with E-state index in [0.717, 1.165) is 32.0 Å². The predicted molar refractivity (Wildman–Crippen MR) is 140 cm³/mol. The first-order chi connectivity index (χ1) is 16.8. The molecular weight excluding hydrogens is 457 g/mol. The van der Waals surface area contributed by atoms with Crippen LogP contribution in [0.25, 0.3) is 0 Å². The number of hydrogen-bond donors (Lipinski definition) is 3. The number of aromatic nitrogens is 2. The number of piperidine rings is 1. The Kier molecular flexibility index (Phi) is 7.27. The van der Waals surface area contributed by atoms with Crippen molar-refractivity contribution in [1.29, 1.82) is 0 Å². The molecular formula is C23H28B4FN5O3. The van der Waals surface area contributed by atoms with Crippen molar-refractivity contribution in [2.45, 2.75) is 68.0 Å². The summed E-state index contributed by atoms with van der Waals surface area (Å²) < 4.78 is 25.3. The Bertz CT molecular complexity index is 1100. The van der Waals surface area contributed by atoms with Crippen molar-refractivity contribution < 1.29 is 19.0 Å². The fourth-order valence-corrected chi connectivity index (χ4v) is 5.06. The highest BCUT2D eigenvalue weighted by Crippen LogP contribution is 2.39. The Labute approximate surface area is 216 Å². The molecule has 36 heavy (non-hydrogen) atoms. The quantitative estimate of drug-likeness (QED) is 0.486. The van der Waals surface area contributed by atoms with Crippen LogP contribution in [0.15, 0.2) is 24.4 Å². The topological polar surface area (TPSA) is 91.8 Å². The lowest BCUT2D eigenvalue weighted by molar-refractivity contribution is 0.0500. The van der Waals surface area contributed by atoms with Gasteiger partial charge in [-0.15, -0.1) is 0 Å². The highest BCUT2D eigenvalue weighted by Gasteiger charge is 2.43. The van der Waals surface area contributed by atoms with Crippen molar-refractivity contribution in [3.63, 3.8) is 0 Å². The summed E-state index contributed by atoms with van der Waals surface area (Å²) in [6, 6.07) is 5.26. The Balaban J connectivity index is 1.49. The molecule has 2 fully saturated rings. The number of aliphatic hydroxyl groups is 1. The molecule has 2 aliphatic heterocycles. The van der Waals surface area contributed by atoms with Crippen LogP contribution < -0.4 is 20.1 Å². The van der Waals surface area contributed by atoms with E-state index < -0.39 is 16.6 Å². The molecule has 13 heteroatoms. The molecule has 4 rings (SSSR count).